The topological polar surface area (TPSA) is 33.1 Å². The minimum Gasteiger partial charge on any atom is -0.385 e. The third-order valence-electron chi connectivity index (χ3n) is 2.75. The average molecular weight is 231 g/mol. The van der Waals surface area contributed by atoms with Gasteiger partial charge in [0.1, 0.15) is 5.82 Å². The zero-order chi connectivity index (χ0) is 12.3. The Balaban J connectivity index is 2.28. The van der Waals surface area contributed by atoms with Crippen LogP contribution in [-0.2, 0) is 12.0 Å². The van der Waals surface area contributed by atoms with Gasteiger partial charge in [-0.25, -0.2) is 4.39 Å². The summed E-state index contributed by atoms with van der Waals surface area (Å²) in [5.74, 6) is -0.383. The number of benzene rings is 1. The van der Waals surface area contributed by atoms with Crippen LogP contribution in [-0.4, -0.2) is 10.1 Å². The summed E-state index contributed by atoms with van der Waals surface area (Å²) in [4.78, 5) is 3.91. The van der Waals surface area contributed by atoms with Gasteiger partial charge in [-0.2, -0.15) is 0 Å². The second kappa shape index (κ2) is 4.63. The fourth-order valence-electron chi connectivity index (χ4n) is 1.89. The predicted molar refractivity (Wildman–Crippen MR) is 63.9 cm³/mol. The Morgan fingerprint density at radius 3 is 2.47 bits per heavy atom. The second-order valence-corrected chi connectivity index (χ2v) is 4.29. The van der Waals surface area contributed by atoms with Gasteiger partial charge in [0, 0.05) is 24.4 Å². The standard InChI is InChI=1S/C14H14FNO/c1-14(17,10-11-6-8-16-9-7-11)12-4-2-3-5-13(12)15/h2-9,17H,10H2,1H3. The van der Waals surface area contributed by atoms with Crippen LogP contribution in [0.25, 0.3) is 0 Å². The zero-order valence-electron chi connectivity index (χ0n) is 9.60. The monoisotopic (exact) mass is 231 g/mol. The van der Waals surface area contributed by atoms with Crippen molar-refractivity contribution >= 4 is 0 Å². The second-order valence-electron chi connectivity index (χ2n) is 4.29. The van der Waals surface area contributed by atoms with Crippen LogP contribution < -0.4 is 0 Å². The molecule has 1 heterocycles. The molecule has 1 aromatic heterocycles. The summed E-state index contributed by atoms with van der Waals surface area (Å²) < 4.78 is 13.6. The highest BCUT2D eigenvalue weighted by Gasteiger charge is 2.26. The van der Waals surface area contributed by atoms with Gasteiger partial charge in [-0.15, -0.1) is 0 Å². The van der Waals surface area contributed by atoms with E-state index >= 15 is 0 Å². The molecule has 88 valence electrons. The minimum absolute atomic E-state index is 0.316. The number of aromatic nitrogens is 1. The Morgan fingerprint density at radius 2 is 1.82 bits per heavy atom. The third kappa shape index (κ3) is 2.68. The molecule has 1 N–H and O–H groups in total. The lowest BCUT2D eigenvalue weighted by Gasteiger charge is -2.24. The summed E-state index contributed by atoms with van der Waals surface area (Å²) in [5.41, 5.74) is 0.0252. The Hall–Kier alpha value is -1.74. The van der Waals surface area contributed by atoms with Crippen LogP contribution in [0.1, 0.15) is 18.1 Å². The SMILES string of the molecule is CC(O)(Cc1ccncc1)c1ccccc1F. The molecule has 0 spiro atoms. The predicted octanol–water partition coefficient (Wildman–Crippen LogP) is 2.67. The molecule has 1 aromatic carbocycles. The molecule has 0 radical (unpaired) electrons. The van der Waals surface area contributed by atoms with Gasteiger partial charge in [-0.05, 0) is 30.7 Å². The third-order valence-corrected chi connectivity index (χ3v) is 2.75. The zero-order valence-corrected chi connectivity index (χ0v) is 9.60. The van der Waals surface area contributed by atoms with Crippen molar-refractivity contribution in [2.75, 3.05) is 0 Å². The normalized spacial score (nSPS) is 14.3. The maximum atomic E-state index is 13.6. The lowest BCUT2D eigenvalue weighted by molar-refractivity contribution is 0.0538. The molecule has 0 aliphatic carbocycles. The summed E-state index contributed by atoms with van der Waals surface area (Å²) >= 11 is 0. The first-order valence-electron chi connectivity index (χ1n) is 5.46. The molecule has 1 unspecified atom stereocenters. The maximum absolute atomic E-state index is 13.6. The van der Waals surface area contributed by atoms with Crippen LogP contribution in [0.15, 0.2) is 48.8 Å². The van der Waals surface area contributed by atoms with Gasteiger partial charge < -0.3 is 5.11 Å². The van der Waals surface area contributed by atoms with Gasteiger partial charge in [0.15, 0.2) is 0 Å². The van der Waals surface area contributed by atoms with Crippen LogP contribution in [0.2, 0.25) is 0 Å². The highest BCUT2D eigenvalue weighted by Crippen LogP contribution is 2.27. The molecule has 0 fully saturated rings. The van der Waals surface area contributed by atoms with Crippen LogP contribution in [0.4, 0.5) is 4.39 Å². The fourth-order valence-corrected chi connectivity index (χ4v) is 1.89. The van der Waals surface area contributed by atoms with Crippen LogP contribution in [0, 0.1) is 5.82 Å². The first kappa shape index (κ1) is 11.7. The molecule has 3 heteroatoms. The molecular weight excluding hydrogens is 217 g/mol. The summed E-state index contributed by atoms with van der Waals surface area (Å²) in [5, 5.41) is 10.4. The van der Waals surface area contributed by atoms with Crippen molar-refractivity contribution < 1.29 is 9.50 Å². The van der Waals surface area contributed by atoms with Crippen molar-refractivity contribution in [3.63, 3.8) is 0 Å². The smallest absolute Gasteiger partial charge is 0.129 e. The van der Waals surface area contributed by atoms with E-state index in [1.54, 1.807) is 37.5 Å². The molecule has 0 aliphatic rings. The van der Waals surface area contributed by atoms with Crippen molar-refractivity contribution in [2.45, 2.75) is 18.9 Å². The van der Waals surface area contributed by atoms with E-state index in [4.69, 9.17) is 0 Å². The molecule has 2 aromatic rings. The molecule has 17 heavy (non-hydrogen) atoms. The molecule has 2 nitrogen and oxygen atoms in total. The summed E-state index contributed by atoms with van der Waals surface area (Å²) in [6.45, 7) is 1.62. The van der Waals surface area contributed by atoms with E-state index in [1.807, 2.05) is 12.1 Å². The van der Waals surface area contributed by atoms with Gasteiger partial charge in [0.25, 0.3) is 0 Å². The number of nitrogens with zero attached hydrogens (tertiary/aromatic N) is 1. The van der Waals surface area contributed by atoms with E-state index in [0.717, 1.165) is 5.56 Å². The van der Waals surface area contributed by atoms with Crippen LogP contribution >= 0.6 is 0 Å². The molecule has 0 amide bonds. The Kier molecular flexibility index (Phi) is 3.20. The van der Waals surface area contributed by atoms with Crippen molar-refractivity contribution in [1.29, 1.82) is 0 Å². The summed E-state index contributed by atoms with van der Waals surface area (Å²) in [6.07, 6.45) is 3.68. The molecule has 0 bridgehead atoms. The van der Waals surface area contributed by atoms with E-state index in [0.29, 0.717) is 12.0 Å². The van der Waals surface area contributed by atoms with Crippen LogP contribution in [0.5, 0.6) is 0 Å². The number of hydrogen-bond acceptors (Lipinski definition) is 2. The molecule has 0 aliphatic heterocycles. The largest absolute Gasteiger partial charge is 0.385 e. The lowest BCUT2D eigenvalue weighted by atomic mass is 9.89. The molecule has 0 saturated heterocycles. The van der Waals surface area contributed by atoms with Crippen LogP contribution in [0.3, 0.4) is 0 Å². The highest BCUT2D eigenvalue weighted by atomic mass is 19.1. The van der Waals surface area contributed by atoms with Gasteiger partial charge in [-0.3, -0.25) is 4.98 Å². The van der Waals surface area contributed by atoms with E-state index < -0.39 is 5.60 Å². The van der Waals surface area contributed by atoms with Gasteiger partial charge >= 0.3 is 0 Å². The molecule has 0 saturated carbocycles. The van der Waals surface area contributed by atoms with E-state index in [-0.39, 0.29) is 5.82 Å². The Labute approximate surface area is 99.8 Å². The van der Waals surface area contributed by atoms with E-state index in [2.05, 4.69) is 4.98 Å². The lowest BCUT2D eigenvalue weighted by Crippen LogP contribution is -2.25. The Morgan fingerprint density at radius 1 is 1.18 bits per heavy atom. The number of aliphatic hydroxyl groups is 1. The summed E-state index contributed by atoms with van der Waals surface area (Å²) in [7, 11) is 0. The fraction of sp³-hybridized carbons (Fsp3) is 0.214. The molecular formula is C14H14FNO. The van der Waals surface area contributed by atoms with Crippen molar-refractivity contribution in [2.24, 2.45) is 0 Å². The Bertz CT molecular complexity index is 497. The number of hydrogen-bond donors (Lipinski definition) is 1. The first-order valence-corrected chi connectivity index (χ1v) is 5.46. The highest BCUT2D eigenvalue weighted by molar-refractivity contribution is 5.26. The van der Waals surface area contributed by atoms with Gasteiger partial charge in [0.05, 0.1) is 5.60 Å². The van der Waals surface area contributed by atoms with E-state index in [1.165, 1.54) is 6.07 Å². The maximum Gasteiger partial charge on any atom is 0.129 e. The van der Waals surface area contributed by atoms with E-state index in [9.17, 15) is 9.50 Å². The quantitative estimate of drug-likeness (QED) is 0.881. The minimum atomic E-state index is -1.22. The average Bonchev–Trinajstić information content (AvgIpc) is 2.30. The number of halogens is 1. The van der Waals surface area contributed by atoms with Crippen molar-refractivity contribution in [1.82, 2.24) is 4.98 Å². The van der Waals surface area contributed by atoms with Crippen molar-refractivity contribution in [3.8, 4) is 0 Å². The summed E-state index contributed by atoms with van der Waals surface area (Å²) in [6, 6.07) is 9.93. The van der Waals surface area contributed by atoms with Gasteiger partial charge in [0.2, 0.25) is 0 Å². The number of rotatable bonds is 3. The first-order chi connectivity index (χ1) is 8.09. The molecule has 1 atom stereocenters. The van der Waals surface area contributed by atoms with Gasteiger partial charge in [-0.1, -0.05) is 18.2 Å². The number of pyridine rings is 1. The van der Waals surface area contributed by atoms with Crippen molar-refractivity contribution in [3.05, 3.63) is 65.7 Å². The molecule has 2 rings (SSSR count).